The number of aromatic nitrogens is 2. The van der Waals surface area contributed by atoms with E-state index in [4.69, 9.17) is 0 Å². The van der Waals surface area contributed by atoms with Gasteiger partial charge in [-0.2, -0.15) is 18.3 Å². The fraction of sp³-hybridized carbons (Fsp3) is 0.200. The summed E-state index contributed by atoms with van der Waals surface area (Å²) in [6.07, 6.45) is -2.40. The number of carbonyl (C=O) groups excluding carboxylic acids is 1. The van der Waals surface area contributed by atoms with Crippen LogP contribution in [0.2, 0.25) is 0 Å². The second-order valence-electron chi connectivity index (χ2n) is 4.65. The summed E-state index contributed by atoms with van der Waals surface area (Å²) in [5.74, 6) is -0.842. The van der Waals surface area contributed by atoms with Crippen LogP contribution in [-0.4, -0.2) is 22.2 Å². The van der Waals surface area contributed by atoms with Crippen LogP contribution in [0.25, 0.3) is 5.69 Å². The minimum atomic E-state index is -4.71. The average molecular weight is 309 g/mol. The lowest BCUT2D eigenvalue weighted by Gasteiger charge is -2.12. The number of carbonyl (C=O) groups is 1. The second kappa shape index (κ2) is 6.05. The van der Waals surface area contributed by atoms with Crippen molar-refractivity contribution in [3.63, 3.8) is 0 Å². The third kappa shape index (κ3) is 3.19. The van der Waals surface area contributed by atoms with E-state index >= 15 is 0 Å². The van der Waals surface area contributed by atoms with Crippen LogP contribution in [0.1, 0.15) is 21.6 Å². The maximum Gasteiger partial charge on any atom is 0.434 e. The van der Waals surface area contributed by atoms with Gasteiger partial charge in [0.15, 0.2) is 5.69 Å². The van der Waals surface area contributed by atoms with Gasteiger partial charge in [0, 0.05) is 6.54 Å². The Bertz CT molecular complexity index is 687. The lowest BCUT2D eigenvalue weighted by atomic mass is 10.2. The molecule has 0 aliphatic rings. The fourth-order valence-corrected chi connectivity index (χ4v) is 1.93. The number of rotatable bonds is 4. The van der Waals surface area contributed by atoms with Crippen molar-refractivity contribution in [3.05, 3.63) is 59.9 Å². The third-order valence-corrected chi connectivity index (χ3v) is 2.97. The van der Waals surface area contributed by atoms with Crippen molar-refractivity contribution in [1.82, 2.24) is 15.1 Å². The number of hydrogen-bond donors (Lipinski definition) is 1. The van der Waals surface area contributed by atoms with Crippen LogP contribution in [0.5, 0.6) is 0 Å². The van der Waals surface area contributed by atoms with E-state index in [-0.39, 0.29) is 12.2 Å². The van der Waals surface area contributed by atoms with Gasteiger partial charge in [-0.3, -0.25) is 4.79 Å². The Morgan fingerprint density at radius 1 is 1.36 bits per heavy atom. The van der Waals surface area contributed by atoms with E-state index in [1.807, 2.05) is 6.92 Å². The molecular formula is C15H14F3N3O. The molecule has 1 heterocycles. The Balaban J connectivity index is 2.52. The van der Waals surface area contributed by atoms with Crippen molar-refractivity contribution in [2.75, 3.05) is 6.54 Å². The summed E-state index contributed by atoms with van der Waals surface area (Å²) in [6, 6.07) is 6.38. The first-order valence-electron chi connectivity index (χ1n) is 6.46. The Morgan fingerprint density at radius 2 is 2.00 bits per heavy atom. The molecule has 1 amide bonds. The van der Waals surface area contributed by atoms with Gasteiger partial charge in [-0.25, -0.2) is 4.68 Å². The summed E-state index contributed by atoms with van der Waals surface area (Å²) in [7, 11) is 0. The largest absolute Gasteiger partial charge is 0.434 e. The topological polar surface area (TPSA) is 46.9 Å². The molecule has 7 heteroatoms. The molecular weight excluding hydrogens is 295 g/mol. The Labute approximate surface area is 125 Å². The molecule has 22 heavy (non-hydrogen) atoms. The zero-order valence-corrected chi connectivity index (χ0v) is 11.8. The molecule has 2 rings (SSSR count). The summed E-state index contributed by atoms with van der Waals surface area (Å²) < 4.78 is 40.7. The molecule has 4 nitrogen and oxygen atoms in total. The highest BCUT2D eigenvalue weighted by Gasteiger charge is 2.40. The van der Waals surface area contributed by atoms with Crippen molar-refractivity contribution in [1.29, 1.82) is 0 Å². The highest BCUT2D eigenvalue weighted by molar-refractivity contribution is 5.95. The van der Waals surface area contributed by atoms with Crippen molar-refractivity contribution in [2.45, 2.75) is 13.1 Å². The van der Waals surface area contributed by atoms with Crippen LogP contribution in [0.3, 0.4) is 0 Å². The van der Waals surface area contributed by atoms with Gasteiger partial charge in [-0.1, -0.05) is 23.8 Å². The minimum absolute atomic E-state index is 0.0752. The zero-order valence-electron chi connectivity index (χ0n) is 11.8. The molecule has 0 aliphatic heterocycles. The number of aryl methyl sites for hydroxylation is 1. The highest BCUT2D eigenvalue weighted by Crippen LogP contribution is 2.33. The maximum atomic E-state index is 13.3. The molecule has 116 valence electrons. The van der Waals surface area contributed by atoms with Crippen LogP contribution in [0, 0.1) is 6.92 Å². The SMILES string of the molecule is C=CCNC(=O)c1cnn(-c2ccc(C)cc2)c1C(F)(F)F. The molecule has 1 aromatic carbocycles. The van der Waals surface area contributed by atoms with E-state index in [0.29, 0.717) is 0 Å². The summed E-state index contributed by atoms with van der Waals surface area (Å²) in [5.41, 5.74) is -0.470. The number of amides is 1. The Hall–Kier alpha value is -2.57. The molecule has 2 aromatic rings. The van der Waals surface area contributed by atoms with Gasteiger partial charge in [0.05, 0.1) is 17.4 Å². The molecule has 0 aliphatic carbocycles. The lowest BCUT2D eigenvalue weighted by molar-refractivity contribution is -0.143. The lowest BCUT2D eigenvalue weighted by Crippen LogP contribution is -2.26. The normalized spacial score (nSPS) is 11.3. The number of hydrogen-bond acceptors (Lipinski definition) is 2. The second-order valence-corrected chi connectivity index (χ2v) is 4.65. The van der Waals surface area contributed by atoms with E-state index in [9.17, 15) is 18.0 Å². The van der Waals surface area contributed by atoms with Crippen LogP contribution in [-0.2, 0) is 6.18 Å². The molecule has 0 spiro atoms. The predicted molar refractivity (Wildman–Crippen MR) is 75.8 cm³/mol. The maximum absolute atomic E-state index is 13.3. The van der Waals surface area contributed by atoms with E-state index in [0.717, 1.165) is 16.4 Å². The number of benzene rings is 1. The quantitative estimate of drug-likeness (QED) is 0.882. The molecule has 1 aromatic heterocycles. The van der Waals surface area contributed by atoms with Gasteiger partial charge >= 0.3 is 6.18 Å². The average Bonchev–Trinajstić information content (AvgIpc) is 2.90. The summed E-state index contributed by atoms with van der Waals surface area (Å²) in [6.45, 7) is 5.30. The van der Waals surface area contributed by atoms with Crippen molar-refractivity contribution >= 4 is 5.91 Å². The Kier molecular flexibility index (Phi) is 4.35. The predicted octanol–water partition coefficient (Wildman–Crippen LogP) is 3.12. The molecule has 0 fully saturated rings. The fourth-order valence-electron chi connectivity index (χ4n) is 1.93. The first-order chi connectivity index (χ1) is 10.3. The van der Waals surface area contributed by atoms with Gasteiger partial charge in [0.1, 0.15) is 0 Å². The van der Waals surface area contributed by atoms with E-state index in [1.54, 1.807) is 12.1 Å². The number of nitrogens with one attached hydrogen (secondary N) is 1. The molecule has 0 saturated carbocycles. The molecule has 0 saturated heterocycles. The number of alkyl halides is 3. The molecule has 0 unspecified atom stereocenters. The van der Waals surface area contributed by atoms with Gasteiger partial charge in [-0.05, 0) is 19.1 Å². The standard InChI is InChI=1S/C15H14F3N3O/c1-3-8-19-14(22)12-9-20-21(13(12)15(16,17)18)11-6-4-10(2)5-7-11/h3-7,9H,1,8H2,2H3,(H,19,22). The highest BCUT2D eigenvalue weighted by atomic mass is 19.4. The van der Waals surface area contributed by atoms with Gasteiger partial charge in [0.2, 0.25) is 0 Å². The molecule has 0 atom stereocenters. The summed E-state index contributed by atoms with van der Waals surface area (Å²) >= 11 is 0. The van der Waals surface area contributed by atoms with E-state index in [2.05, 4.69) is 17.0 Å². The van der Waals surface area contributed by atoms with Crippen LogP contribution < -0.4 is 5.32 Å². The van der Waals surface area contributed by atoms with Crippen molar-refractivity contribution in [2.24, 2.45) is 0 Å². The zero-order chi connectivity index (χ0) is 16.3. The minimum Gasteiger partial charge on any atom is -0.348 e. The molecule has 0 bridgehead atoms. The van der Waals surface area contributed by atoms with Crippen molar-refractivity contribution in [3.8, 4) is 5.69 Å². The van der Waals surface area contributed by atoms with Crippen LogP contribution >= 0.6 is 0 Å². The van der Waals surface area contributed by atoms with E-state index in [1.165, 1.54) is 18.2 Å². The van der Waals surface area contributed by atoms with E-state index < -0.39 is 23.3 Å². The first kappa shape index (κ1) is 15.8. The van der Waals surface area contributed by atoms with Gasteiger partial charge < -0.3 is 5.32 Å². The van der Waals surface area contributed by atoms with Gasteiger partial charge in [-0.15, -0.1) is 6.58 Å². The van der Waals surface area contributed by atoms with Crippen LogP contribution in [0.4, 0.5) is 13.2 Å². The summed E-state index contributed by atoms with van der Waals surface area (Å²) in [4.78, 5) is 11.9. The van der Waals surface area contributed by atoms with Crippen molar-refractivity contribution < 1.29 is 18.0 Å². The summed E-state index contributed by atoms with van der Waals surface area (Å²) in [5, 5.41) is 6.05. The molecule has 1 N–H and O–H groups in total. The molecule has 0 radical (unpaired) electrons. The number of nitrogens with zero attached hydrogens (tertiary/aromatic N) is 2. The monoisotopic (exact) mass is 309 g/mol. The number of halogens is 3. The smallest absolute Gasteiger partial charge is 0.348 e. The van der Waals surface area contributed by atoms with Gasteiger partial charge in [0.25, 0.3) is 5.91 Å². The third-order valence-electron chi connectivity index (χ3n) is 2.97. The van der Waals surface area contributed by atoms with Crippen LogP contribution in [0.15, 0.2) is 43.1 Å². The first-order valence-corrected chi connectivity index (χ1v) is 6.46. The Morgan fingerprint density at radius 3 is 2.55 bits per heavy atom.